The molecular weight excluding hydrogens is 129 g/mol. The fourth-order valence-electron chi connectivity index (χ4n) is 0.957. The number of nitrogens with one attached hydrogen (secondary N) is 1. The minimum absolute atomic E-state index is 0.0475. The Morgan fingerprint density at radius 1 is 1.78 bits per heavy atom. The van der Waals surface area contributed by atoms with Crippen LogP contribution in [0.15, 0.2) is 11.4 Å². The maximum Gasteiger partial charge on any atom is 0.123 e. The van der Waals surface area contributed by atoms with Gasteiger partial charge in [0, 0.05) is 19.5 Å². The van der Waals surface area contributed by atoms with Gasteiger partial charge in [-0.3, -0.25) is 0 Å². The minimum Gasteiger partial charge on any atom is -0.313 e. The molecule has 0 amide bonds. The maximum atomic E-state index is 4.03. The van der Waals surface area contributed by atoms with Crippen molar-refractivity contribution >= 4 is 13.8 Å². The van der Waals surface area contributed by atoms with Crippen molar-refractivity contribution in [2.24, 2.45) is 0 Å². The van der Waals surface area contributed by atoms with Crippen LogP contribution in [0.5, 0.6) is 0 Å². The van der Waals surface area contributed by atoms with E-state index in [4.69, 9.17) is 0 Å². The summed E-state index contributed by atoms with van der Waals surface area (Å²) in [6.45, 7) is 4.41. The molecule has 2 heteroatoms. The molecule has 1 heterocycles. The van der Waals surface area contributed by atoms with Crippen molar-refractivity contribution < 1.29 is 0 Å². The molecule has 0 saturated carbocycles. The first-order chi connectivity index (χ1) is 4.30. The largest absolute Gasteiger partial charge is 0.313 e. The van der Waals surface area contributed by atoms with Gasteiger partial charge in [-0.25, -0.2) is 0 Å². The summed E-state index contributed by atoms with van der Waals surface area (Å²) in [6.07, 6.45) is 7.52. The van der Waals surface area contributed by atoms with Crippen LogP contribution >= 0.6 is 7.55 Å². The van der Waals surface area contributed by atoms with E-state index in [9.17, 15) is 0 Å². The summed E-state index contributed by atoms with van der Waals surface area (Å²) in [5.74, 6) is 0. The van der Waals surface area contributed by atoms with E-state index in [1.165, 1.54) is 6.42 Å². The Labute approximate surface area is 57.5 Å². The summed E-state index contributed by atoms with van der Waals surface area (Å²) in [6, 6.07) is 0. The van der Waals surface area contributed by atoms with E-state index in [0.29, 0.717) is 0 Å². The fourth-order valence-corrected chi connectivity index (χ4v) is 1.85. The van der Waals surface area contributed by atoms with Crippen molar-refractivity contribution in [2.75, 3.05) is 19.8 Å². The molecule has 1 unspecified atom stereocenters. The molecule has 1 aliphatic rings. The lowest BCUT2D eigenvalue weighted by Crippen LogP contribution is -2.19. The third kappa shape index (κ3) is 1.92. The lowest BCUT2D eigenvalue weighted by molar-refractivity contribution is 0.722. The van der Waals surface area contributed by atoms with Crippen molar-refractivity contribution in [3.63, 3.8) is 0 Å². The average Bonchev–Trinajstić information content (AvgIpc) is 1.90. The summed E-state index contributed by atoms with van der Waals surface area (Å²) >= 11 is 0. The van der Waals surface area contributed by atoms with Crippen LogP contribution < -0.4 is 5.32 Å². The van der Waals surface area contributed by atoms with Gasteiger partial charge in [0.15, 0.2) is 0 Å². The van der Waals surface area contributed by atoms with Gasteiger partial charge < -0.3 is 5.32 Å². The van der Waals surface area contributed by atoms with Crippen molar-refractivity contribution in [2.45, 2.75) is 6.42 Å². The van der Waals surface area contributed by atoms with Crippen LogP contribution in [0.4, 0.5) is 0 Å². The zero-order valence-corrected chi connectivity index (χ0v) is 6.75. The predicted molar refractivity (Wildman–Crippen MR) is 45.5 cm³/mol. The van der Waals surface area contributed by atoms with Crippen LogP contribution in [-0.4, -0.2) is 26.1 Å². The molecule has 1 N–H and O–H groups in total. The standard InChI is InChI=1S/C7H13NP/c1-9(2)7-3-5-8-6-4-7/h3,8H,1,4-6H2,2H3/q+1. The molecule has 0 saturated heterocycles. The van der Waals surface area contributed by atoms with Crippen LogP contribution in [-0.2, 0) is 0 Å². The second kappa shape index (κ2) is 3.14. The van der Waals surface area contributed by atoms with Crippen molar-refractivity contribution in [1.82, 2.24) is 5.32 Å². The Kier molecular flexibility index (Phi) is 2.44. The van der Waals surface area contributed by atoms with E-state index in [1.807, 2.05) is 0 Å². The molecular formula is C7H13NP+. The Hall–Kier alpha value is -0.130. The van der Waals surface area contributed by atoms with Gasteiger partial charge in [0.1, 0.15) is 19.5 Å². The van der Waals surface area contributed by atoms with Crippen LogP contribution in [0.2, 0.25) is 0 Å². The van der Waals surface area contributed by atoms with E-state index in [-0.39, 0.29) is 7.55 Å². The van der Waals surface area contributed by atoms with E-state index in [0.717, 1.165) is 13.1 Å². The van der Waals surface area contributed by atoms with Gasteiger partial charge >= 0.3 is 0 Å². The Balaban J connectivity index is 2.57. The molecule has 1 rings (SSSR count). The molecule has 0 aliphatic carbocycles. The van der Waals surface area contributed by atoms with E-state index < -0.39 is 0 Å². The molecule has 0 spiro atoms. The van der Waals surface area contributed by atoms with E-state index in [1.54, 1.807) is 5.31 Å². The molecule has 1 nitrogen and oxygen atoms in total. The summed E-state index contributed by atoms with van der Waals surface area (Å²) in [7, 11) is -0.0475. The monoisotopic (exact) mass is 142 g/mol. The molecule has 9 heavy (non-hydrogen) atoms. The molecule has 50 valence electrons. The van der Waals surface area contributed by atoms with Gasteiger partial charge in [-0.15, -0.1) is 0 Å². The summed E-state index contributed by atoms with van der Waals surface area (Å²) in [5, 5.41) is 4.85. The molecule has 0 aromatic carbocycles. The fraction of sp³-hybridized carbons (Fsp3) is 0.571. The molecule has 0 aromatic rings. The second-order valence-corrected chi connectivity index (χ2v) is 4.32. The quantitative estimate of drug-likeness (QED) is 0.546. The molecule has 0 fully saturated rings. The van der Waals surface area contributed by atoms with Gasteiger partial charge in [0.05, 0.1) is 6.30 Å². The third-order valence-corrected chi connectivity index (χ3v) is 2.92. The van der Waals surface area contributed by atoms with E-state index >= 15 is 0 Å². The SMILES string of the molecule is C=[P+](C)C1=CCNCC1. The topological polar surface area (TPSA) is 12.0 Å². The van der Waals surface area contributed by atoms with Gasteiger partial charge in [0.25, 0.3) is 0 Å². The number of hydrogen-bond acceptors (Lipinski definition) is 1. The maximum absolute atomic E-state index is 4.03. The molecule has 0 radical (unpaired) electrons. The van der Waals surface area contributed by atoms with Crippen LogP contribution in [0.25, 0.3) is 0 Å². The smallest absolute Gasteiger partial charge is 0.123 e. The van der Waals surface area contributed by atoms with Crippen LogP contribution in [0, 0.1) is 0 Å². The van der Waals surface area contributed by atoms with Crippen LogP contribution in [0.3, 0.4) is 0 Å². The van der Waals surface area contributed by atoms with Crippen LogP contribution in [0.1, 0.15) is 6.42 Å². The number of hydrogen-bond donors (Lipinski definition) is 1. The van der Waals surface area contributed by atoms with Crippen molar-refractivity contribution in [3.8, 4) is 0 Å². The molecule has 0 aromatic heterocycles. The predicted octanol–water partition coefficient (Wildman–Crippen LogP) is 1.41. The Morgan fingerprint density at radius 3 is 2.89 bits per heavy atom. The summed E-state index contributed by atoms with van der Waals surface area (Å²) in [4.78, 5) is 0. The summed E-state index contributed by atoms with van der Waals surface area (Å²) in [5.41, 5.74) is 0. The van der Waals surface area contributed by atoms with Gasteiger partial charge in [-0.2, -0.15) is 0 Å². The van der Waals surface area contributed by atoms with Gasteiger partial charge in [-0.1, -0.05) is 0 Å². The highest BCUT2D eigenvalue weighted by Gasteiger charge is 2.10. The van der Waals surface area contributed by atoms with Gasteiger partial charge in [0.2, 0.25) is 0 Å². The molecule has 0 bridgehead atoms. The zero-order valence-electron chi connectivity index (χ0n) is 5.85. The normalized spacial score (nSPS) is 21.0. The third-order valence-electron chi connectivity index (χ3n) is 1.53. The summed E-state index contributed by atoms with van der Waals surface area (Å²) < 4.78 is 0. The lowest BCUT2D eigenvalue weighted by Gasteiger charge is -2.06. The molecule has 1 aliphatic heterocycles. The number of rotatable bonds is 1. The first-order valence-corrected chi connectivity index (χ1v) is 5.22. The first kappa shape index (κ1) is 6.98. The molecule has 1 atom stereocenters. The lowest BCUT2D eigenvalue weighted by atomic mass is 10.3. The highest BCUT2D eigenvalue weighted by Crippen LogP contribution is 2.29. The second-order valence-electron chi connectivity index (χ2n) is 2.35. The highest BCUT2D eigenvalue weighted by atomic mass is 31.1. The minimum atomic E-state index is -0.0475. The Bertz CT molecular complexity index is 149. The van der Waals surface area contributed by atoms with E-state index in [2.05, 4.69) is 24.4 Å². The zero-order chi connectivity index (χ0) is 6.69. The first-order valence-electron chi connectivity index (χ1n) is 3.24. The van der Waals surface area contributed by atoms with Crippen molar-refractivity contribution in [3.05, 3.63) is 11.4 Å². The Morgan fingerprint density at radius 2 is 2.56 bits per heavy atom. The highest BCUT2D eigenvalue weighted by molar-refractivity contribution is 7.59. The average molecular weight is 142 g/mol. The van der Waals surface area contributed by atoms with Crippen molar-refractivity contribution in [1.29, 1.82) is 0 Å². The van der Waals surface area contributed by atoms with Gasteiger partial charge in [-0.05, 0) is 6.08 Å².